The number of hydrogen-bond acceptors (Lipinski definition) is 4. The van der Waals surface area contributed by atoms with Crippen molar-refractivity contribution >= 4 is 16.9 Å². The number of piperidine rings is 1. The fourth-order valence-electron chi connectivity index (χ4n) is 4.55. The van der Waals surface area contributed by atoms with Crippen molar-refractivity contribution in [3.05, 3.63) is 88.5 Å². The minimum absolute atomic E-state index is 0.0394. The number of benzene rings is 2. The minimum atomic E-state index is -0.175. The van der Waals surface area contributed by atoms with E-state index in [1.165, 1.54) is 5.56 Å². The molecular weight excluding hydrogens is 404 g/mol. The largest absolute Gasteiger partial charge is 0.445 e. The fourth-order valence-corrected chi connectivity index (χ4v) is 4.55. The Kier molecular flexibility index (Phi) is 5.39. The number of oxazole rings is 1. The molecule has 4 aromatic rings. The number of para-hydroxylation sites is 2. The summed E-state index contributed by atoms with van der Waals surface area (Å²) in [6.45, 7) is 1.29. The lowest BCUT2D eigenvalue weighted by Gasteiger charge is -2.31. The Morgan fingerprint density at radius 1 is 1.09 bits per heavy atom. The van der Waals surface area contributed by atoms with Crippen LogP contribution in [0.15, 0.2) is 70.0 Å². The van der Waals surface area contributed by atoms with Crippen LogP contribution in [0.4, 0.5) is 0 Å². The molecule has 0 aliphatic carbocycles. The summed E-state index contributed by atoms with van der Waals surface area (Å²) in [4.78, 5) is 32.1. The van der Waals surface area contributed by atoms with E-state index in [-0.39, 0.29) is 24.1 Å². The van der Waals surface area contributed by atoms with Crippen LogP contribution >= 0.6 is 0 Å². The zero-order valence-electron chi connectivity index (χ0n) is 18.1. The zero-order valence-corrected chi connectivity index (χ0v) is 18.1. The molecule has 0 radical (unpaired) electrons. The van der Waals surface area contributed by atoms with E-state index >= 15 is 0 Å². The molecule has 1 aliphatic heterocycles. The average Bonchev–Trinajstić information content (AvgIpc) is 3.39. The molecule has 1 aliphatic rings. The van der Waals surface area contributed by atoms with Crippen molar-refractivity contribution < 1.29 is 9.21 Å². The lowest BCUT2D eigenvalue weighted by atomic mass is 9.98. The summed E-state index contributed by atoms with van der Waals surface area (Å²) in [6.07, 6.45) is 4.31. The molecule has 0 bridgehead atoms. The maximum Gasteiger partial charge on any atom is 0.329 e. The Labute approximate surface area is 185 Å². The summed E-state index contributed by atoms with van der Waals surface area (Å²) in [5.41, 5.74) is 2.61. The van der Waals surface area contributed by atoms with Gasteiger partial charge in [-0.1, -0.05) is 42.5 Å². The van der Waals surface area contributed by atoms with Crippen molar-refractivity contribution in [3.63, 3.8) is 0 Å². The van der Waals surface area contributed by atoms with Gasteiger partial charge in [-0.25, -0.2) is 9.78 Å². The Hall–Kier alpha value is -3.61. The third kappa shape index (κ3) is 3.86. The van der Waals surface area contributed by atoms with Crippen LogP contribution in [0.25, 0.3) is 11.0 Å². The van der Waals surface area contributed by atoms with Crippen LogP contribution in [0.5, 0.6) is 0 Å². The van der Waals surface area contributed by atoms with Gasteiger partial charge in [0.25, 0.3) is 0 Å². The molecule has 2 aromatic heterocycles. The van der Waals surface area contributed by atoms with Crippen LogP contribution in [-0.4, -0.2) is 38.0 Å². The average molecular weight is 431 g/mol. The maximum atomic E-state index is 13.1. The molecule has 1 saturated heterocycles. The Balaban J connectivity index is 1.29. The van der Waals surface area contributed by atoms with Crippen molar-refractivity contribution in [2.75, 3.05) is 13.1 Å². The summed E-state index contributed by atoms with van der Waals surface area (Å²) >= 11 is 0. The smallest absolute Gasteiger partial charge is 0.329 e. The minimum Gasteiger partial charge on any atom is -0.445 e. The van der Waals surface area contributed by atoms with Crippen LogP contribution in [0.2, 0.25) is 0 Å². The van der Waals surface area contributed by atoms with Crippen LogP contribution < -0.4 is 5.69 Å². The number of fused-ring (bicyclic) bond motifs is 1. The second-order valence-electron chi connectivity index (χ2n) is 8.42. The monoisotopic (exact) mass is 430 g/mol. The first kappa shape index (κ1) is 20.3. The van der Waals surface area contributed by atoms with Gasteiger partial charge in [0.05, 0.1) is 23.1 Å². The number of rotatable bonds is 5. The molecule has 1 amide bonds. The van der Waals surface area contributed by atoms with Gasteiger partial charge in [-0.2, -0.15) is 0 Å². The summed E-state index contributed by atoms with van der Waals surface area (Å²) in [5, 5.41) is 0. The van der Waals surface area contributed by atoms with E-state index in [1.54, 1.807) is 22.4 Å². The third-order valence-electron chi connectivity index (χ3n) is 6.26. The fraction of sp³-hybridized carbons (Fsp3) is 0.320. The third-order valence-corrected chi connectivity index (χ3v) is 6.26. The highest BCUT2D eigenvalue weighted by Gasteiger charge is 2.28. The zero-order chi connectivity index (χ0) is 22.1. The molecule has 7 nitrogen and oxygen atoms in total. The van der Waals surface area contributed by atoms with Gasteiger partial charge in [-0.05, 0) is 30.5 Å². The number of imidazole rings is 1. The van der Waals surface area contributed by atoms with Crippen LogP contribution in [0.3, 0.4) is 0 Å². The molecule has 32 heavy (non-hydrogen) atoms. The molecule has 1 atom stereocenters. The van der Waals surface area contributed by atoms with Gasteiger partial charge in [-0.3, -0.25) is 13.9 Å². The lowest BCUT2D eigenvalue weighted by molar-refractivity contribution is -0.133. The molecule has 0 unspecified atom stereocenters. The predicted molar refractivity (Wildman–Crippen MR) is 121 cm³/mol. The standard InChI is InChI=1S/C25H26N4O3/c1-27-21-11-5-6-12-22(21)29(25(27)31)17-23(30)28-13-7-10-19(16-28)24-26-15-20(32-24)14-18-8-3-2-4-9-18/h2-6,8-9,11-12,15,19H,7,10,13-14,16-17H2,1H3/t19-/m1/s1. The van der Waals surface area contributed by atoms with E-state index in [4.69, 9.17) is 4.42 Å². The first-order valence-corrected chi connectivity index (χ1v) is 11.0. The van der Waals surface area contributed by atoms with E-state index in [9.17, 15) is 9.59 Å². The van der Waals surface area contributed by atoms with E-state index in [2.05, 4.69) is 17.1 Å². The Bertz CT molecular complexity index is 1300. The summed E-state index contributed by atoms with van der Waals surface area (Å²) in [6, 6.07) is 17.7. The Morgan fingerprint density at radius 3 is 2.66 bits per heavy atom. The van der Waals surface area contributed by atoms with Crippen molar-refractivity contribution in [3.8, 4) is 0 Å². The van der Waals surface area contributed by atoms with Gasteiger partial charge in [0.15, 0.2) is 5.89 Å². The first-order valence-electron chi connectivity index (χ1n) is 11.0. The van der Waals surface area contributed by atoms with E-state index in [0.717, 1.165) is 29.6 Å². The van der Waals surface area contributed by atoms with Crippen molar-refractivity contribution in [1.82, 2.24) is 19.0 Å². The number of amides is 1. The Morgan fingerprint density at radius 2 is 1.84 bits per heavy atom. The molecule has 0 N–H and O–H groups in total. The van der Waals surface area contributed by atoms with Gasteiger partial charge in [-0.15, -0.1) is 0 Å². The highest BCUT2D eigenvalue weighted by molar-refractivity contribution is 5.81. The molecule has 7 heteroatoms. The van der Waals surface area contributed by atoms with Gasteiger partial charge < -0.3 is 9.32 Å². The van der Waals surface area contributed by atoms with Crippen molar-refractivity contribution in [2.24, 2.45) is 7.05 Å². The molecular formula is C25H26N4O3. The molecule has 2 aromatic carbocycles. The number of aromatic nitrogens is 3. The van der Waals surface area contributed by atoms with Crippen LogP contribution in [-0.2, 0) is 24.8 Å². The first-order chi connectivity index (χ1) is 15.6. The summed E-state index contributed by atoms with van der Waals surface area (Å²) in [5.74, 6) is 1.54. The van der Waals surface area contributed by atoms with Crippen LogP contribution in [0, 0.1) is 0 Å². The maximum absolute atomic E-state index is 13.1. The van der Waals surface area contributed by atoms with E-state index in [0.29, 0.717) is 25.4 Å². The van der Waals surface area contributed by atoms with Gasteiger partial charge >= 0.3 is 5.69 Å². The predicted octanol–water partition coefficient (Wildman–Crippen LogP) is 3.33. The number of carbonyl (C=O) groups is 1. The molecule has 3 heterocycles. The summed E-state index contributed by atoms with van der Waals surface area (Å²) < 4.78 is 9.19. The van der Waals surface area contributed by atoms with Gasteiger partial charge in [0, 0.05) is 26.6 Å². The molecule has 5 rings (SSSR count). The highest BCUT2D eigenvalue weighted by atomic mass is 16.4. The second kappa shape index (κ2) is 8.49. The topological polar surface area (TPSA) is 73.3 Å². The number of carbonyl (C=O) groups excluding carboxylic acids is 1. The van der Waals surface area contributed by atoms with Crippen LogP contribution in [0.1, 0.15) is 36.0 Å². The summed E-state index contributed by atoms with van der Waals surface area (Å²) in [7, 11) is 1.73. The van der Waals surface area contributed by atoms with E-state index < -0.39 is 0 Å². The molecule has 0 saturated carbocycles. The van der Waals surface area contributed by atoms with E-state index in [1.807, 2.05) is 47.4 Å². The number of nitrogens with zero attached hydrogens (tertiary/aromatic N) is 4. The SMILES string of the molecule is Cn1c(=O)n(CC(=O)N2CCC[C@@H](c3ncc(Cc4ccccc4)o3)C2)c2ccccc21. The quantitative estimate of drug-likeness (QED) is 0.487. The number of likely N-dealkylation sites (tertiary alicyclic amines) is 1. The van der Waals surface area contributed by atoms with Crippen molar-refractivity contribution in [2.45, 2.75) is 31.7 Å². The molecule has 0 spiro atoms. The highest BCUT2D eigenvalue weighted by Crippen LogP contribution is 2.27. The van der Waals surface area contributed by atoms with Gasteiger partial charge in [0.1, 0.15) is 12.3 Å². The molecule has 164 valence electrons. The lowest BCUT2D eigenvalue weighted by Crippen LogP contribution is -2.42. The number of hydrogen-bond donors (Lipinski definition) is 0. The number of aryl methyl sites for hydroxylation is 1. The second-order valence-corrected chi connectivity index (χ2v) is 8.42. The van der Waals surface area contributed by atoms with Crippen molar-refractivity contribution in [1.29, 1.82) is 0 Å². The van der Waals surface area contributed by atoms with Gasteiger partial charge in [0.2, 0.25) is 5.91 Å². The normalized spacial score (nSPS) is 16.5. The molecule has 1 fully saturated rings.